The summed E-state index contributed by atoms with van der Waals surface area (Å²) in [5, 5.41) is 0.348. The zero-order valence-electron chi connectivity index (χ0n) is 11.4. The first-order valence-electron chi connectivity index (χ1n) is 6.91. The summed E-state index contributed by atoms with van der Waals surface area (Å²) in [6.45, 7) is 1.72. The van der Waals surface area contributed by atoms with Crippen LogP contribution in [0.5, 0.6) is 0 Å². The van der Waals surface area contributed by atoms with Crippen molar-refractivity contribution in [1.82, 2.24) is 13.9 Å². The lowest BCUT2D eigenvalue weighted by Crippen LogP contribution is -2.47. The van der Waals surface area contributed by atoms with Crippen LogP contribution < -0.4 is 5.73 Å². The van der Waals surface area contributed by atoms with Gasteiger partial charge in [0.15, 0.2) is 5.03 Å². The van der Waals surface area contributed by atoms with Crippen LogP contribution in [0.25, 0.3) is 0 Å². The summed E-state index contributed by atoms with van der Waals surface area (Å²) in [4.78, 5) is 4.23. The van der Waals surface area contributed by atoms with Crippen molar-refractivity contribution < 1.29 is 8.42 Å². The van der Waals surface area contributed by atoms with Crippen molar-refractivity contribution in [2.75, 3.05) is 13.1 Å². The largest absolute Gasteiger partial charge is 0.329 e. The molecule has 0 aromatic carbocycles. The van der Waals surface area contributed by atoms with Gasteiger partial charge in [-0.25, -0.2) is 13.4 Å². The molecule has 1 unspecified atom stereocenters. The van der Waals surface area contributed by atoms with Gasteiger partial charge < -0.3 is 10.3 Å². The van der Waals surface area contributed by atoms with Gasteiger partial charge in [0.25, 0.3) is 10.0 Å². The fourth-order valence-corrected chi connectivity index (χ4v) is 4.94. The number of sulfonamides is 1. The lowest BCUT2D eigenvalue weighted by atomic mass is 10.1. The summed E-state index contributed by atoms with van der Waals surface area (Å²) in [6, 6.07) is -0.0636. The predicted octanol–water partition coefficient (Wildman–Crippen LogP) is 0.753. The molecule has 0 bridgehead atoms. The smallest absolute Gasteiger partial charge is 0.260 e. The standard InChI is InChI=1S/C12H20N4O2S.ClH/c13-8-10-4-1-2-7-16(10)19(17,18)12-9-14-11-5-3-6-15(11)12;/h9-10H,1-8,13H2;1H. The Morgan fingerprint density at radius 1 is 1.30 bits per heavy atom. The van der Waals surface area contributed by atoms with E-state index in [4.69, 9.17) is 5.73 Å². The molecule has 0 amide bonds. The number of hydrogen-bond acceptors (Lipinski definition) is 4. The molecule has 1 aromatic heterocycles. The van der Waals surface area contributed by atoms with Crippen molar-refractivity contribution in [2.45, 2.75) is 49.7 Å². The number of fused-ring (bicyclic) bond motifs is 1. The zero-order valence-corrected chi connectivity index (χ0v) is 13.0. The van der Waals surface area contributed by atoms with Crippen molar-refractivity contribution in [3.8, 4) is 0 Å². The average molecular weight is 321 g/mol. The van der Waals surface area contributed by atoms with E-state index in [-0.39, 0.29) is 18.4 Å². The van der Waals surface area contributed by atoms with Gasteiger partial charge in [-0.1, -0.05) is 6.42 Å². The molecule has 2 N–H and O–H groups in total. The van der Waals surface area contributed by atoms with E-state index in [2.05, 4.69) is 4.98 Å². The highest BCUT2D eigenvalue weighted by Gasteiger charge is 2.36. The second-order valence-electron chi connectivity index (χ2n) is 5.27. The van der Waals surface area contributed by atoms with E-state index in [1.54, 1.807) is 4.31 Å². The molecule has 8 heteroatoms. The third-order valence-electron chi connectivity index (χ3n) is 4.10. The Kier molecular flexibility index (Phi) is 4.73. The second-order valence-corrected chi connectivity index (χ2v) is 7.11. The Morgan fingerprint density at radius 3 is 2.85 bits per heavy atom. The van der Waals surface area contributed by atoms with Gasteiger partial charge in [0, 0.05) is 32.1 Å². The van der Waals surface area contributed by atoms with Crippen LogP contribution in [0, 0.1) is 0 Å². The quantitative estimate of drug-likeness (QED) is 0.891. The van der Waals surface area contributed by atoms with Crippen molar-refractivity contribution >= 4 is 22.4 Å². The van der Waals surface area contributed by atoms with Crippen LogP contribution in [-0.2, 0) is 23.0 Å². The first kappa shape index (κ1) is 15.8. The van der Waals surface area contributed by atoms with Gasteiger partial charge in [-0.3, -0.25) is 0 Å². The SMILES string of the molecule is Cl.NCC1CCCCN1S(=O)(=O)c1cnc2n1CCC2. The minimum Gasteiger partial charge on any atom is -0.329 e. The highest BCUT2D eigenvalue weighted by molar-refractivity contribution is 7.89. The van der Waals surface area contributed by atoms with Crippen LogP contribution in [0.4, 0.5) is 0 Å². The fraction of sp³-hybridized carbons (Fsp3) is 0.750. The second kappa shape index (κ2) is 6.01. The lowest BCUT2D eigenvalue weighted by molar-refractivity contribution is 0.256. The molecular formula is C12H21ClN4O2S. The third kappa shape index (κ3) is 2.47. The van der Waals surface area contributed by atoms with Crippen molar-refractivity contribution in [2.24, 2.45) is 5.73 Å². The van der Waals surface area contributed by atoms with E-state index in [0.717, 1.165) is 44.5 Å². The zero-order chi connectivity index (χ0) is 13.5. The number of hydrogen-bond donors (Lipinski definition) is 1. The number of aromatic nitrogens is 2. The van der Waals surface area contributed by atoms with Crippen molar-refractivity contribution in [3.05, 3.63) is 12.0 Å². The van der Waals surface area contributed by atoms with Crippen LogP contribution in [0.3, 0.4) is 0 Å². The molecule has 0 spiro atoms. The monoisotopic (exact) mass is 320 g/mol. The highest BCUT2D eigenvalue weighted by Crippen LogP contribution is 2.27. The van der Waals surface area contributed by atoms with Gasteiger partial charge in [0.2, 0.25) is 0 Å². The molecule has 6 nitrogen and oxygen atoms in total. The molecule has 3 heterocycles. The van der Waals surface area contributed by atoms with E-state index in [1.807, 2.05) is 4.57 Å². The van der Waals surface area contributed by atoms with E-state index >= 15 is 0 Å². The number of rotatable bonds is 3. The highest BCUT2D eigenvalue weighted by atomic mass is 35.5. The van der Waals surface area contributed by atoms with Gasteiger partial charge >= 0.3 is 0 Å². The van der Waals surface area contributed by atoms with Gasteiger partial charge in [-0.15, -0.1) is 12.4 Å². The molecule has 114 valence electrons. The first-order chi connectivity index (χ1) is 9.14. The Bertz CT molecular complexity index is 572. The molecule has 1 saturated heterocycles. The first-order valence-corrected chi connectivity index (χ1v) is 8.35. The summed E-state index contributed by atoms with van der Waals surface area (Å²) in [5.41, 5.74) is 5.73. The maximum absolute atomic E-state index is 12.8. The summed E-state index contributed by atoms with van der Waals surface area (Å²) in [7, 11) is -3.45. The third-order valence-corrected chi connectivity index (χ3v) is 6.05. The van der Waals surface area contributed by atoms with Crippen molar-refractivity contribution in [1.29, 1.82) is 0 Å². The molecule has 0 aliphatic carbocycles. The molecule has 3 rings (SSSR count). The van der Waals surface area contributed by atoms with E-state index in [0.29, 0.717) is 18.1 Å². The minimum absolute atomic E-state index is 0. The molecular weight excluding hydrogens is 300 g/mol. The summed E-state index contributed by atoms with van der Waals surface area (Å²) >= 11 is 0. The number of nitrogens with two attached hydrogens (primary N) is 1. The molecule has 2 aliphatic heterocycles. The molecule has 1 atom stereocenters. The number of imidazole rings is 1. The van der Waals surface area contributed by atoms with Crippen LogP contribution >= 0.6 is 12.4 Å². The Balaban J connectivity index is 0.00000147. The van der Waals surface area contributed by atoms with Crippen LogP contribution in [0.2, 0.25) is 0 Å². The van der Waals surface area contributed by atoms with Gasteiger partial charge in [0.1, 0.15) is 5.82 Å². The minimum atomic E-state index is -3.45. The summed E-state index contributed by atoms with van der Waals surface area (Å²) in [5.74, 6) is 0.889. The van der Waals surface area contributed by atoms with Gasteiger partial charge in [0.05, 0.1) is 6.20 Å². The molecule has 0 radical (unpaired) electrons. The normalized spacial score (nSPS) is 23.4. The van der Waals surface area contributed by atoms with Crippen molar-refractivity contribution in [3.63, 3.8) is 0 Å². The van der Waals surface area contributed by atoms with E-state index in [1.165, 1.54) is 6.20 Å². The Hall–Kier alpha value is -0.630. The fourth-order valence-electron chi connectivity index (χ4n) is 3.08. The van der Waals surface area contributed by atoms with Crippen LogP contribution in [-0.4, -0.2) is 41.4 Å². The topological polar surface area (TPSA) is 81.2 Å². The van der Waals surface area contributed by atoms with Gasteiger partial charge in [-0.2, -0.15) is 4.31 Å². The van der Waals surface area contributed by atoms with Gasteiger partial charge in [-0.05, 0) is 19.3 Å². The molecule has 0 saturated carbocycles. The molecule has 20 heavy (non-hydrogen) atoms. The number of nitrogens with zero attached hydrogens (tertiary/aromatic N) is 3. The Morgan fingerprint density at radius 2 is 2.10 bits per heavy atom. The Labute approximate surface area is 125 Å². The predicted molar refractivity (Wildman–Crippen MR) is 78.4 cm³/mol. The summed E-state index contributed by atoms with van der Waals surface area (Å²) < 4.78 is 29.0. The number of aryl methyl sites for hydroxylation is 1. The van der Waals surface area contributed by atoms with Crippen LogP contribution in [0.15, 0.2) is 11.2 Å². The average Bonchev–Trinajstić information content (AvgIpc) is 3.00. The van der Waals surface area contributed by atoms with E-state index in [9.17, 15) is 8.42 Å². The molecule has 2 aliphatic rings. The maximum atomic E-state index is 12.8. The molecule has 1 aromatic rings. The maximum Gasteiger partial charge on any atom is 0.260 e. The molecule has 1 fully saturated rings. The number of piperidine rings is 1. The van der Waals surface area contributed by atoms with Crippen LogP contribution in [0.1, 0.15) is 31.5 Å². The van der Waals surface area contributed by atoms with E-state index < -0.39 is 10.0 Å². The number of halogens is 1. The lowest BCUT2D eigenvalue weighted by Gasteiger charge is -2.33. The summed E-state index contributed by atoms with van der Waals surface area (Å²) in [6.07, 6.45) is 6.18.